The number of nitrogens with two attached hydrogens (primary N) is 1. The molecule has 1 rings (SSSR count). The number of ether oxygens (including phenoxy) is 2. The van der Waals surface area contributed by atoms with Crippen LogP contribution in [-0.2, 0) is 0 Å². The Labute approximate surface area is 114 Å². The first kappa shape index (κ1) is 15.1. The Balaban J connectivity index is 2.89. The molecule has 0 aromatic heterocycles. The molecule has 0 aliphatic heterocycles. The zero-order chi connectivity index (χ0) is 14.5. The Morgan fingerprint density at radius 3 is 2.58 bits per heavy atom. The molecular weight excluding hydrogens is 244 g/mol. The van der Waals surface area contributed by atoms with Gasteiger partial charge in [0.05, 0.1) is 19.3 Å². The standard InChI is InChI=1S/C14H22N2O3/c1-14(2,3)7-8-19-12-9-10(18-4)5-6-11(12)13(15)16-17/h5-6,9,17H,7-8H2,1-4H3,(H2,15,16). The molecule has 19 heavy (non-hydrogen) atoms. The molecule has 0 spiro atoms. The highest BCUT2D eigenvalue weighted by Gasteiger charge is 2.13. The topological polar surface area (TPSA) is 77.1 Å². The summed E-state index contributed by atoms with van der Waals surface area (Å²) in [6.45, 7) is 6.99. The summed E-state index contributed by atoms with van der Waals surface area (Å²) < 4.78 is 10.9. The largest absolute Gasteiger partial charge is 0.497 e. The Morgan fingerprint density at radius 1 is 1.37 bits per heavy atom. The number of oxime groups is 1. The molecule has 0 aliphatic rings. The molecular formula is C14H22N2O3. The number of hydrogen-bond acceptors (Lipinski definition) is 4. The maximum atomic E-state index is 8.77. The van der Waals surface area contributed by atoms with Crippen LogP contribution in [0.25, 0.3) is 0 Å². The van der Waals surface area contributed by atoms with Crippen molar-refractivity contribution < 1.29 is 14.7 Å². The molecule has 0 bridgehead atoms. The highest BCUT2D eigenvalue weighted by Crippen LogP contribution is 2.26. The summed E-state index contributed by atoms with van der Waals surface area (Å²) in [4.78, 5) is 0. The lowest BCUT2D eigenvalue weighted by Gasteiger charge is -2.19. The van der Waals surface area contributed by atoms with Crippen LogP contribution in [0.3, 0.4) is 0 Å². The van der Waals surface area contributed by atoms with Gasteiger partial charge in [0, 0.05) is 6.07 Å². The van der Waals surface area contributed by atoms with Gasteiger partial charge in [0.15, 0.2) is 5.84 Å². The quantitative estimate of drug-likeness (QED) is 0.372. The van der Waals surface area contributed by atoms with Gasteiger partial charge in [-0.3, -0.25) is 0 Å². The second kappa shape index (κ2) is 6.31. The van der Waals surface area contributed by atoms with E-state index in [-0.39, 0.29) is 11.3 Å². The van der Waals surface area contributed by atoms with E-state index in [2.05, 4.69) is 25.9 Å². The van der Waals surface area contributed by atoms with Gasteiger partial charge in [0.25, 0.3) is 0 Å². The average molecular weight is 266 g/mol. The Bertz CT molecular complexity index is 450. The van der Waals surface area contributed by atoms with E-state index in [9.17, 15) is 0 Å². The highest BCUT2D eigenvalue weighted by molar-refractivity contribution is 5.99. The van der Waals surface area contributed by atoms with Gasteiger partial charge in [-0.1, -0.05) is 25.9 Å². The minimum Gasteiger partial charge on any atom is -0.497 e. The molecule has 1 aromatic carbocycles. The zero-order valence-electron chi connectivity index (χ0n) is 11.9. The van der Waals surface area contributed by atoms with Crippen LogP contribution in [0.4, 0.5) is 0 Å². The van der Waals surface area contributed by atoms with E-state index in [0.717, 1.165) is 6.42 Å². The lowest BCUT2D eigenvalue weighted by atomic mass is 9.93. The van der Waals surface area contributed by atoms with E-state index in [1.165, 1.54) is 0 Å². The van der Waals surface area contributed by atoms with Crippen molar-refractivity contribution in [3.8, 4) is 11.5 Å². The number of benzene rings is 1. The third kappa shape index (κ3) is 4.69. The maximum Gasteiger partial charge on any atom is 0.173 e. The zero-order valence-corrected chi connectivity index (χ0v) is 11.9. The predicted molar refractivity (Wildman–Crippen MR) is 75.1 cm³/mol. The summed E-state index contributed by atoms with van der Waals surface area (Å²) in [6, 6.07) is 5.18. The highest BCUT2D eigenvalue weighted by atomic mass is 16.5. The van der Waals surface area contributed by atoms with Gasteiger partial charge >= 0.3 is 0 Å². The molecule has 0 aliphatic carbocycles. The summed E-state index contributed by atoms with van der Waals surface area (Å²) >= 11 is 0. The van der Waals surface area contributed by atoms with Crippen LogP contribution >= 0.6 is 0 Å². The minimum absolute atomic E-state index is 0.0217. The number of hydrogen-bond donors (Lipinski definition) is 2. The van der Waals surface area contributed by atoms with Crippen LogP contribution in [0.15, 0.2) is 23.4 Å². The van der Waals surface area contributed by atoms with Crippen molar-refractivity contribution in [2.75, 3.05) is 13.7 Å². The van der Waals surface area contributed by atoms with Crippen molar-refractivity contribution in [1.82, 2.24) is 0 Å². The van der Waals surface area contributed by atoms with E-state index in [1.807, 2.05) is 0 Å². The fourth-order valence-electron chi connectivity index (χ4n) is 1.48. The molecule has 0 saturated heterocycles. The smallest absolute Gasteiger partial charge is 0.173 e. The van der Waals surface area contributed by atoms with Crippen molar-refractivity contribution in [2.45, 2.75) is 27.2 Å². The van der Waals surface area contributed by atoms with Crippen molar-refractivity contribution in [2.24, 2.45) is 16.3 Å². The predicted octanol–water partition coefficient (Wildman–Crippen LogP) is 2.60. The van der Waals surface area contributed by atoms with Gasteiger partial charge in [-0.15, -0.1) is 0 Å². The molecule has 0 unspecified atom stereocenters. The molecule has 106 valence electrons. The normalized spacial score (nSPS) is 12.3. The Kier molecular flexibility index (Phi) is 5.03. The van der Waals surface area contributed by atoms with Crippen LogP contribution in [0.2, 0.25) is 0 Å². The van der Waals surface area contributed by atoms with E-state index in [0.29, 0.717) is 23.7 Å². The van der Waals surface area contributed by atoms with Crippen molar-refractivity contribution in [3.63, 3.8) is 0 Å². The van der Waals surface area contributed by atoms with Gasteiger partial charge < -0.3 is 20.4 Å². The molecule has 3 N–H and O–H groups in total. The van der Waals surface area contributed by atoms with E-state index >= 15 is 0 Å². The first-order chi connectivity index (χ1) is 8.87. The first-order valence-corrected chi connectivity index (χ1v) is 6.16. The van der Waals surface area contributed by atoms with Gasteiger partial charge in [-0.05, 0) is 24.0 Å². The Hall–Kier alpha value is -1.91. The molecule has 0 fully saturated rings. The summed E-state index contributed by atoms with van der Waals surface area (Å²) in [7, 11) is 1.58. The minimum atomic E-state index is 0.0217. The molecule has 0 amide bonds. The van der Waals surface area contributed by atoms with E-state index in [1.54, 1.807) is 25.3 Å². The van der Waals surface area contributed by atoms with Crippen molar-refractivity contribution in [1.29, 1.82) is 0 Å². The molecule has 1 aromatic rings. The van der Waals surface area contributed by atoms with Crippen LogP contribution in [0, 0.1) is 5.41 Å². The van der Waals surface area contributed by atoms with E-state index in [4.69, 9.17) is 20.4 Å². The number of methoxy groups -OCH3 is 1. The summed E-state index contributed by atoms with van der Waals surface area (Å²) in [5, 5.41) is 11.8. The first-order valence-electron chi connectivity index (χ1n) is 6.16. The number of nitrogens with zero attached hydrogens (tertiary/aromatic N) is 1. The van der Waals surface area contributed by atoms with Crippen LogP contribution < -0.4 is 15.2 Å². The molecule has 0 heterocycles. The second-order valence-corrected chi connectivity index (χ2v) is 5.51. The lowest BCUT2D eigenvalue weighted by molar-refractivity contribution is 0.241. The summed E-state index contributed by atoms with van der Waals surface area (Å²) in [5.74, 6) is 1.24. The SMILES string of the molecule is COc1ccc(/C(N)=N/O)c(OCCC(C)(C)C)c1. The van der Waals surface area contributed by atoms with E-state index < -0.39 is 0 Å². The van der Waals surface area contributed by atoms with Gasteiger partial charge in [0.1, 0.15) is 11.5 Å². The van der Waals surface area contributed by atoms with Crippen molar-refractivity contribution in [3.05, 3.63) is 23.8 Å². The van der Waals surface area contributed by atoms with Crippen LogP contribution in [0.1, 0.15) is 32.8 Å². The number of rotatable bonds is 5. The third-order valence-corrected chi connectivity index (χ3v) is 2.68. The number of amidine groups is 1. The molecule has 0 radical (unpaired) electrons. The molecule has 0 atom stereocenters. The average Bonchev–Trinajstić information content (AvgIpc) is 2.36. The molecule has 0 saturated carbocycles. The lowest BCUT2D eigenvalue weighted by Crippen LogP contribution is -2.16. The van der Waals surface area contributed by atoms with Gasteiger partial charge in [-0.2, -0.15) is 0 Å². The fourth-order valence-corrected chi connectivity index (χ4v) is 1.48. The fraction of sp³-hybridized carbons (Fsp3) is 0.500. The second-order valence-electron chi connectivity index (χ2n) is 5.51. The van der Waals surface area contributed by atoms with Gasteiger partial charge in [-0.25, -0.2) is 0 Å². The van der Waals surface area contributed by atoms with Crippen LogP contribution in [-0.4, -0.2) is 24.8 Å². The van der Waals surface area contributed by atoms with Crippen LogP contribution in [0.5, 0.6) is 11.5 Å². The monoisotopic (exact) mass is 266 g/mol. The summed E-state index contributed by atoms with van der Waals surface area (Å²) in [6.07, 6.45) is 0.903. The van der Waals surface area contributed by atoms with Crippen molar-refractivity contribution >= 4 is 5.84 Å². The molecule has 5 nitrogen and oxygen atoms in total. The maximum absolute atomic E-state index is 8.77. The summed E-state index contributed by atoms with van der Waals surface area (Å²) in [5.41, 5.74) is 6.37. The Morgan fingerprint density at radius 2 is 2.05 bits per heavy atom. The molecule has 5 heteroatoms. The third-order valence-electron chi connectivity index (χ3n) is 2.68. The van der Waals surface area contributed by atoms with Gasteiger partial charge in [0.2, 0.25) is 0 Å².